The van der Waals surface area contributed by atoms with Gasteiger partial charge in [-0.25, -0.2) is 0 Å². The topological polar surface area (TPSA) is 55.6 Å². The van der Waals surface area contributed by atoms with Crippen LogP contribution in [0.2, 0.25) is 0 Å². The Labute approximate surface area is 114 Å². The molecule has 1 amide bonds. The molecule has 2 rings (SSSR count). The highest BCUT2D eigenvalue weighted by Gasteiger charge is 2.31. The van der Waals surface area contributed by atoms with Gasteiger partial charge in [-0.2, -0.15) is 13.2 Å². The summed E-state index contributed by atoms with van der Waals surface area (Å²) in [5, 5.41) is 0. The quantitative estimate of drug-likeness (QED) is 0.920. The highest BCUT2D eigenvalue weighted by Crippen LogP contribution is 2.30. The van der Waals surface area contributed by atoms with Gasteiger partial charge in [0.15, 0.2) is 0 Å². The number of alkyl halides is 3. The Bertz CT molecular complexity index is 497. The minimum Gasteiger partial charge on any atom is -0.379 e. The number of amides is 1. The van der Waals surface area contributed by atoms with Gasteiger partial charge in [0.05, 0.1) is 18.8 Å². The molecule has 0 aromatic heterocycles. The molecule has 0 spiro atoms. The van der Waals surface area contributed by atoms with Gasteiger partial charge < -0.3 is 10.5 Å². The molecule has 0 unspecified atom stereocenters. The van der Waals surface area contributed by atoms with Crippen molar-refractivity contribution in [3.63, 3.8) is 0 Å². The van der Waals surface area contributed by atoms with E-state index in [4.69, 9.17) is 10.5 Å². The fourth-order valence-electron chi connectivity index (χ4n) is 2.12. The van der Waals surface area contributed by atoms with E-state index in [1.165, 1.54) is 6.07 Å². The summed E-state index contributed by atoms with van der Waals surface area (Å²) in [5.41, 5.74) is 4.75. The van der Waals surface area contributed by atoms with E-state index in [1.807, 2.05) is 4.90 Å². The molecule has 20 heavy (non-hydrogen) atoms. The van der Waals surface area contributed by atoms with E-state index in [2.05, 4.69) is 0 Å². The Hall–Kier alpha value is -1.60. The summed E-state index contributed by atoms with van der Waals surface area (Å²) in [5.74, 6) is -0.848. The predicted molar refractivity (Wildman–Crippen MR) is 66.1 cm³/mol. The molecule has 0 saturated carbocycles. The first-order valence-electron chi connectivity index (χ1n) is 6.18. The molecule has 1 aromatic carbocycles. The van der Waals surface area contributed by atoms with Crippen molar-refractivity contribution in [3.8, 4) is 0 Å². The van der Waals surface area contributed by atoms with Gasteiger partial charge >= 0.3 is 6.18 Å². The van der Waals surface area contributed by atoms with Gasteiger partial charge in [-0.3, -0.25) is 9.69 Å². The lowest BCUT2D eigenvalue weighted by atomic mass is 10.0. The van der Waals surface area contributed by atoms with Crippen LogP contribution in [-0.2, 0) is 17.5 Å². The molecule has 1 aromatic rings. The number of benzene rings is 1. The van der Waals surface area contributed by atoms with E-state index in [1.54, 1.807) is 0 Å². The van der Waals surface area contributed by atoms with Crippen molar-refractivity contribution in [2.75, 3.05) is 26.3 Å². The maximum absolute atomic E-state index is 12.6. The van der Waals surface area contributed by atoms with Crippen molar-refractivity contribution in [1.82, 2.24) is 4.90 Å². The first kappa shape index (κ1) is 14.8. The third-order valence-electron chi connectivity index (χ3n) is 3.20. The number of carbonyl (C=O) groups excluding carboxylic acids is 1. The van der Waals surface area contributed by atoms with E-state index in [9.17, 15) is 18.0 Å². The van der Waals surface area contributed by atoms with Crippen molar-refractivity contribution < 1.29 is 22.7 Å². The van der Waals surface area contributed by atoms with Crippen molar-refractivity contribution in [1.29, 1.82) is 0 Å². The number of nitrogens with two attached hydrogens (primary N) is 1. The number of primary amides is 1. The molecule has 7 heteroatoms. The van der Waals surface area contributed by atoms with Crippen LogP contribution in [0.1, 0.15) is 21.5 Å². The van der Waals surface area contributed by atoms with Crippen LogP contribution in [0, 0.1) is 0 Å². The first-order valence-corrected chi connectivity index (χ1v) is 6.18. The highest BCUT2D eigenvalue weighted by molar-refractivity contribution is 5.94. The number of hydrogen-bond donors (Lipinski definition) is 1. The van der Waals surface area contributed by atoms with Crippen LogP contribution in [0.3, 0.4) is 0 Å². The van der Waals surface area contributed by atoms with E-state index in [0.29, 0.717) is 38.4 Å². The Morgan fingerprint density at radius 2 is 1.95 bits per heavy atom. The Balaban J connectivity index is 2.25. The second kappa shape index (κ2) is 5.80. The first-order chi connectivity index (χ1) is 9.38. The largest absolute Gasteiger partial charge is 0.416 e. The maximum Gasteiger partial charge on any atom is 0.416 e. The summed E-state index contributed by atoms with van der Waals surface area (Å²) in [6.45, 7) is 2.90. The van der Waals surface area contributed by atoms with Gasteiger partial charge in [0.25, 0.3) is 0 Å². The number of hydrogen-bond acceptors (Lipinski definition) is 3. The molecule has 110 valence electrons. The fraction of sp³-hybridized carbons (Fsp3) is 0.462. The van der Waals surface area contributed by atoms with Crippen molar-refractivity contribution in [2.24, 2.45) is 5.73 Å². The van der Waals surface area contributed by atoms with Gasteiger partial charge in [-0.1, -0.05) is 6.07 Å². The van der Waals surface area contributed by atoms with Crippen LogP contribution >= 0.6 is 0 Å². The second-order valence-electron chi connectivity index (χ2n) is 4.62. The van der Waals surface area contributed by atoms with Crippen LogP contribution < -0.4 is 5.73 Å². The van der Waals surface area contributed by atoms with E-state index in [-0.39, 0.29) is 5.56 Å². The lowest BCUT2D eigenvalue weighted by molar-refractivity contribution is -0.137. The van der Waals surface area contributed by atoms with Crippen LogP contribution in [0.15, 0.2) is 18.2 Å². The minimum absolute atomic E-state index is 0.0775. The average Bonchev–Trinajstić information content (AvgIpc) is 2.38. The molecule has 1 heterocycles. The van der Waals surface area contributed by atoms with Gasteiger partial charge in [0.2, 0.25) is 5.91 Å². The van der Waals surface area contributed by atoms with Crippen LogP contribution in [0.4, 0.5) is 13.2 Å². The molecule has 0 bridgehead atoms. The van der Waals surface area contributed by atoms with Gasteiger partial charge in [-0.15, -0.1) is 0 Å². The zero-order valence-electron chi connectivity index (χ0n) is 10.7. The molecule has 1 aliphatic rings. The van der Waals surface area contributed by atoms with E-state index in [0.717, 1.165) is 12.1 Å². The van der Waals surface area contributed by atoms with Crippen LogP contribution in [0.25, 0.3) is 0 Å². The number of nitrogens with zero attached hydrogens (tertiary/aromatic N) is 1. The second-order valence-corrected chi connectivity index (χ2v) is 4.62. The Kier molecular flexibility index (Phi) is 4.29. The summed E-state index contributed by atoms with van der Waals surface area (Å²) in [7, 11) is 0. The summed E-state index contributed by atoms with van der Waals surface area (Å²) in [6, 6.07) is 3.11. The molecule has 1 aliphatic heterocycles. The normalized spacial score (nSPS) is 17.1. The smallest absolute Gasteiger partial charge is 0.379 e. The Morgan fingerprint density at radius 3 is 2.50 bits per heavy atom. The van der Waals surface area contributed by atoms with Gasteiger partial charge in [-0.05, 0) is 17.7 Å². The number of ether oxygens (including phenoxy) is 1. The van der Waals surface area contributed by atoms with Crippen LogP contribution in [0.5, 0.6) is 0 Å². The summed E-state index contributed by atoms with van der Waals surface area (Å²) >= 11 is 0. The summed E-state index contributed by atoms with van der Waals surface area (Å²) in [4.78, 5) is 13.4. The molecule has 0 atom stereocenters. The molecule has 0 aliphatic carbocycles. The Morgan fingerprint density at radius 1 is 1.30 bits per heavy atom. The number of rotatable bonds is 3. The van der Waals surface area contributed by atoms with Crippen molar-refractivity contribution >= 4 is 5.91 Å². The van der Waals surface area contributed by atoms with Crippen molar-refractivity contribution in [3.05, 3.63) is 34.9 Å². The maximum atomic E-state index is 12.6. The van der Waals surface area contributed by atoms with Gasteiger partial charge in [0, 0.05) is 25.2 Å². The minimum atomic E-state index is -4.48. The number of carbonyl (C=O) groups is 1. The molecule has 4 nitrogen and oxygen atoms in total. The molecule has 1 fully saturated rings. The fourth-order valence-corrected chi connectivity index (χ4v) is 2.12. The standard InChI is InChI=1S/C13H15F3N2O2/c14-13(15,16)10-2-1-9(11(7-10)12(17)19)8-18-3-5-20-6-4-18/h1-2,7H,3-6,8H2,(H2,17,19). The highest BCUT2D eigenvalue weighted by atomic mass is 19.4. The molecule has 1 saturated heterocycles. The van der Waals surface area contributed by atoms with Crippen LogP contribution in [-0.4, -0.2) is 37.1 Å². The number of halogens is 3. The lowest BCUT2D eigenvalue weighted by Crippen LogP contribution is -2.36. The van der Waals surface area contributed by atoms with Crippen molar-refractivity contribution in [2.45, 2.75) is 12.7 Å². The van der Waals surface area contributed by atoms with E-state index >= 15 is 0 Å². The average molecular weight is 288 g/mol. The summed E-state index contributed by atoms with van der Waals surface area (Å²) < 4.78 is 43.1. The summed E-state index contributed by atoms with van der Waals surface area (Å²) in [6.07, 6.45) is -4.48. The van der Waals surface area contributed by atoms with E-state index < -0.39 is 17.6 Å². The molecular formula is C13H15F3N2O2. The molecule has 2 N–H and O–H groups in total. The third kappa shape index (κ3) is 3.49. The SMILES string of the molecule is NC(=O)c1cc(C(F)(F)F)ccc1CN1CCOCC1. The molecular weight excluding hydrogens is 273 g/mol. The van der Waals surface area contributed by atoms with Gasteiger partial charge in [0.1, 0.15) is 0 Å². The molecule has 0 radical (unpaired) electrons. The monoisotopic (exact) mass is 288 g/mol. The zero-order chi connectivity index (χ0) is 14.8. The predicted octanol–water partition coefficient (Wildman–Crippen LogP) is 1.64. The lowest BCUT2D eigenvalue weighted by Gasteiger charge is -2.27. The zero-order valence-corrected chi connectivity index (χ0v) is 10.7. The number of morpholine rings is 1. The third-order valence-corrected chi connectivity index (χ3v) is 3.20.